The highest BCUT2D eigenvalue weighted by Gasteiger charge is 2.55. The van der Waals surface area contributed by atoms with Crippen LogP contribution in [0.25, 0.3) is 0 Å². The number of hydrogen-bond acceptors (Lipinski definition) is 3. The van der Waals surface area contributed by atoms with Gasteiger partial charge in [0.2, 0.25) is 5.91 Å². The maximum Gasteiger partial charge on any atom is 0.244 e. The third-order valence-electron chi connectivity index (χ3n) is 5.37. The smallest absolute Gasteiger partial charge is 0.244 e. The van der Waals surface area contributed by atoms with Gasteiger partial charge in [-0.05, 0) is 38.0 Å². The second-order valence-electron chi connectivity index (χ2n) is 7.27. The molecule has 1 heterocycles. The van der Waals surface area contributed by atoms with E-state index in [4.69, 9.17) is 4.74 Å². The van der Waals surface area contributed by atoms with E-state index in [-0.39, 0.29) is 11.7 Å². The van der Waals surface area contributed by atoms with Gasteiger partial charge < -0.3 is 9.64 Å². The Morgan fingerprint density at radius 2 is 2.00 bits per heavy atom. The van der Waals surface area contributed by atoms with Crippen molar-refractivity contribution < 1.29 is 9.53 Å². The molecule has 0 aromatic heterocycles. The van der Waals surface area contributed by atoms with Crippen LogP contribution in [0.1, 0.15) is 58.8 Å². The van der Waals surface area contributed by atoms with Crippen LogP contribution >= 0.6 is 0 Å². The first-order valence-electron chi connectivity index (χ1n) is 8.19. The number of methoxy groups -OCH3 is 1. The first-order chi connectivity index (χ1) is 9.55. The Labute approximate surface area is 122 Å². The molecule has 4 heteroatoms. The average Bonchev–Trinajstić information content (AvgIpc) is 2.89. The summed E-state index contributed by atoms with van der Waals surface area (Å²) in [6.07, 6.45) is 8.09. The zero-order valence-electron chi connectivity index (χ0n) is 13.0. The van der Waals surface area contributed by atoms with E-state index < -0.39 is 0 Å². The Bertz CT molecular complexity index is 371. The molecular formula is C16H28N2O2. The number of carbonyl (C=O) groups excluding carboxylic acids is 1. The number of carbonyl (C=O) groups is 1. The highest BCUT2D eigenvalue weighted by Crippen LogP contribution is 2.41. The van der Waals surface area contributed by atoms with E-state index in [1.54, 1.807) is 7.11 Å². The van der Waals surface area contributed by atoms with E-state index in [9.17, 15) is 4.79 Å². The molecule has 3 fully saturated rings. The monoisotopic (exact) mass is 280 g/mol. The minimum atomic E-state index is -0.224. The summed E-state index contributed by atoms with van der Waals surface area (Å²) >= 11 is 0. The molecule has 0 bridgehead atoms. The third-order valence-corrected chi connectivity index (χ3v) is 5.37. The van der Waals surface area contributed by atoms with Gasteiger partial charge >= 0.3 is 0 Å². The largest absolute Gasteiger partial charge is 0.381 e. The molecule has 114 valence electrons. The van der Waals surface area contributed by atoms with Gasteiger partial charge in [0.1, 0.15) is 0 Å². The van der Waals surface area contributed by atoms with E-state index in [1.165, 1.54) is 12.8 Å². The Kier molecular flexibility index (Phi) is 3.80. The van der Waals surface area contributed by atoms with Gasteiger partial charge in [0.25, 0.3) is 0 Å². The van der Waals surface area contributed by atoms with Crippen LogP contribution in [-0.2, 0) is 9.53 Å². The number of nitrogens with one attached hydrogen (secondary N) is 1. The fraction of sp³-hybridized carbons (Fsp3) is 0.938. The lowest BCUT2D eigenvalue weighted by atomic mass is 9.86. The van der Waals surface area contributed by atoms with Gasteiger partial charge in [-0.25, -0.2) is 0 Å². The van der Waals surface area contributed by atoms with Crippen LogP contribution in [0.2, 0.25) is 0 Å². The molecule has 1 aliphatic heterocycles. The van der Waals surface area contributed by atoms with Gasteiger partial charge in [0, 0.05) is 13.2 Å². The van der Waals surface area contributed by atoms with Crippen molar-refractivity contribution in [2.45, 2.75) is 82.6 Å². The lowest BCUT2D eigenvalue weighted by Crippen LogP contribution is -2.53. The fourth-order valence-electron chi connectivity index (χ4n) is 4.17. The molecule has 4 nitrogen and oxygen atoms in total. The Morgan fingerprint density at radius 1 is 1.35 bits per heavy atom. The van der Waals surface area contributed by atoms with E-state index in [0.717, 1.165) is 32.1 Å². The summed E-state index contributed by atoms with van der Waals surface area (Å²) in [6, 6.07) is 0.392. The normalized spacial score (nSPS) is 36.1. The summed E-state index contributed by atoms with van der Waals surface area (Å²) in [5.74, 6) is 0.984. The summed E-state index contributed by atoms with van der Waals surface area (Å²) in [6.45, 7) is 4.48. The summed E-state index contributed by atoms with van der Waals surface area (Å²) in [7, 11) is 1.77. The lowest BCUT2D eigenvalue weighted by Gasteiger charge is -2.43. The van der Waals surface area contributed by atoms with E-state index in [2.05, 4.69) is 24.1 Å². The zero-order chi connectivity index (χ0) is 14.3. The van der Waals surface area contributed by atoms with Crippen molar-refractivity contribution in [2.24, 2.45) is 5.92 Å². The van der Waals surface area contributed by atoms with Crippen molar-refractivity contribution in [1.82, 2.24) is 10.2 Å². The fourth-order valence-corrected chi connectivity index (χ4v) is 4.17. The molecule has 0 aromatic carbocycles. The van der Waals surface area contributed by atoms with Crippen molar-refractivity contribution >= 4 is 5.91 Å². The summed E-state index contributed by atoms with van der Waals surface area (Å²) in [5.41, 5.74) is -0.224. The van der Waals surface area contributed by atoms with E-state index >= 15 is 0 Å². The van der Waals surface area contributed by atoms with Crippen LogP contribution < -0.4 is 5.32 Å². The molecule has 1 amide bonds. The second kappa shape index (κ2) is 5.30. The molecule has 1 spiro atoms. The van der Waals surface area contributed by atoms with Crippen molar-refractivity contribution in [1.29, 1.82) is 0 Å². The molecule has 1 N–H and O–H groups in total. The van der Waals surface area contributed by atoms with Crippen LogP contribution in [0.5, 0.6) is 0 Å². The zero-order valence-corrected chi connectivity index (χ0v) is 13.0. The molecular weight excluding hydrogens is 252 g/mol. The van der Waals surface area contributed by atoms with Gasteiger partial charge in [0.05, 0.1) is 17.8 Å². The van der Waals surface area contributed by atoms with Gasteiger partial charge in [-0.15, -0.1) is 0 Å². The minimum absolute atomic E-state index is 0.224. The van der Waals surface area contributed by atoms with Gasteiger partial charge in [0.15, 0.2) is 0 Å². The predicted octanol–water partition coefficient (Wildman–Crippen LogP) is 2.28. The molecule has 3 rings (SSSR count). The maximum atomic E-state index is 13.0. The molecule has 1 saturated heterocycles. The number of hydrogen-bond donors (Lipinski definition) is 1. The first kappa shape index (κ1) is 14.3. The summed E-state index contributed by atoms with van der Waals surface area (Å²) < 4.78 is 5.39. The third kappa shape index (κ3) is 2.27. The Hall–Kier alpha value is -0.610. The highest BCUT2D eigenvalue weighted by molar-refractivity contribution is 5.89. The van der Waals surface area contributed by atoms with Crippen LogP contribution in [0, 0.1) is 5.92 Å². The molecule has 1 atom stereocenters. The molecule has 0 radical (unpaired) electrons. The topological polar surface area (TPSA) is 41.6 Å². The molecule has 3 aliphatic rings. The van der Waals surface area contributed by atoms with Gasteiger partial charge in [-0.1, -0.05) is 26.7 Å². The van der Waals surface area contributed by atoms with Crippen molar-refractivity contribution in [3.8, 4) is 0 Å². The maximum absolute atomic E-state index is 13.0. The Balaban J connectivity index is 1.75. The molecule has 1 unspecified atom stereocenters. The number of rotatable bonds is 4. The Morgan fingerprint density at radius 3 is 2.55 bits per heavy atom. The standard InChI is InChI=1S/C16H28N2O2/c1-11(2)8-14-17-16(6-4-5-7-16)15(19)18(14)12-9-13(10-12)20-3/h11-14,17H,4-10H2,1-3H3. The summed E-state index contributed by atoms with van der Waals surface area (Å²) in [5, 5.41) is 3.72. The lowest BCUT2D eigenvalue weighted by molar-refractivity contribution is -0.140. The number of amides is 1. The highest BCUT2D eigenvalue weighted by atomic mass is 16.5. The van der Waals surface area contributed by atoms with Crippen molar-refractivity contribution in [2.75, 3.05) is 7.11 Å². The molecule has 2 saturated carbocycles. The predicted molar refractivity (Wildman–Crippen MR) is 78.2 cm³/mol. The molecule has 2 aliphatic carbocycles. The number of ether oxygens (including phenoxy) is 1. The van der Waals surface area contributed by atoms with Gasteiger partial charge in [-0.3, -0.25) is 10.1 Å². The first-order valence-corrected chi connectivity index (χ1v) is 8.19. The minimum Gasteiger partial charge on any atom is -0.381 e. The molecule has 20 heavy (non-hydrogen) atoms. The summed E-state index contributed by atoms with van der Waals surface area (Å²) in [4.78, 5) is 15.2. The molecule has 0 aromatic rings. The van der Waals surface area contributed by atoms with Crippen LogP contribution in [0.3, 0.4) is 0 Å². The van der Waals surface area contributed by atoms with Crippen LogP contribution in [0.15, 0.2) is 0 Å². The van der Waals surface area contributed by atoms with Crippen molar-refractivity contribution in [3.05, 3.63) is 0 Å². The quantitative estimate of drug-likeness (QED) is 0.859. The average molecular weight is 280 g/mol. The second-order valence-corrected chi connectivity index (χ2v) is 7.27. The van der Waals surface area contributed by atoms with E-state index in [0.29, 0.717) is 24.0 Å². The van der Waals surface area contributed by atoms with Gasteiger partial charge in [-0.2, -0.15) is 0 Å². The van der Waals surface area contributed by atoms with Crippen LogP contribution in [0.4, 0.5) is 0 Å². The number of nitrogens with zero attached hydrogens (tertiary/aromatic N) is 1. The van der Waals surface area contributed by atoms with Crippen LogP contribution in [-0.4, -0.2) is 41.8 Å². The van der Waals surface area contributed by atoms with Crippen molar-refractivity contribution in [3.63, 3.8) is 0 Å². The SMILES string of the molecule is COC1CC(N2C(=O)C3(CCCC3)NC2CC(C)C)C1. The van der Waals surface area contributed by atoms with E-state index in [1.807, 2.05) is 0 Å².